The maximum Gasteiger partial charge on any atom is 0.512 e. The number of benzene rings is 2. The molecule has 31 heavy (non-hydrogen) atoms. The molecule has 0 bridgehead atoms. The lowest BCUT2D eigenvalue weighted by Gasteiger charge is -2.46. The van der Waals surface area contributed by atoms with Gasteiger partial charge in [0, 0.05) is 25.4 Å². The van der Waals surface area contributed by atoms with E-state index in [4.69, 9.17) is 8.85 Å². The molecule has 1 aliphatic rings. The molecule has 2 aromatic rings. The Kier molecular flexibility index (Phi) is 8.56. The summed E-state index contributed by atoms with van der Waals surface area (Å²) in [6.45, 7) is 6.50. The molecule has 0 radical (unpaired) electrons. The molecule has 3 heteroatoms. The van der Waals surface area contributed by atoms with Gasteiger partial charge in [0.05, 0.1) is 0 Å². The molecule has 1 aliphatic heterocycles. The van der Waals surface area contributed by atoms with Crippen LogP contribution in [0.25, 0.3) is 0 Å². The summed E-state index contributed by atoms with van der Waals surface area (Å²) in [7, 11) is -3.07. The maximum atomic E-state index is 7.03. The minimum Gasteiger partial charge on any atom is -0.373 e. The smallest absolute Gasteiger partial charge is 0.373 e. The summed E-state index contributed by atoms with van der Waals surface area (Å²) in [6.07, 6.45) is 6.87. The number of hydrogen-bond donors (Lipinski definition) is 0. The van der Waals surface area contributed by atoms with Gasteiger partial charge in [-0.05, 0) is 30.9 Å². The van der Waals surface area contributed by atoms with E-state index < -0.39 is 14.2 Å². The summed E-state index contributed by atoms with van der Waals surface area (Å²) < 4.78 is 13.5. The zero-order chi connectivity index (χ0) is 22.0. The first-order chi connectivity index (χ1) is 15.1. The third kappa shape index (κ3) is 5.90. The van der Waals surface area contributed by atoms with Crippen LogP contribution in [0.1, 0.15) is 76.8 Å². The predicted octanol–water partition coefficient (Wildman–Crippen LogP) is 6.66. The Morgan fingerprint density at radius 3 is 1.77 bits per heavy atom. The quantitative estimate of drug-likeness (QED) is 0.290. The van der Waals surface area contributed by atoms with Crippen LogP contribution in [0.3, 0.4) is 0 Å². The van der Waals surface area contributed by atoms with E-state index in [1.807, 2.05) is 12.1 Å². The second kappa shape index (κ2) is 11.4. The fraction of sp³-hybridized carbons (Fsp3) is 0.429. The van der Waals surface area contributed by atoms with Crippen LogP contribution < -0.4 is 0 Å². The Balaban J connectivity index is 2.10. The Bertz CT molecular complexity index is 865. The van der Waals surface area contributed by atoms with E-state index in [1.54, 1.807) is 0 Å². The minimum absolute atomic E-state index is 0.00165. The van der Waals surface area contributed by atoms with Gasteiger partial charge in [0.15, 0.2) is 0 Å². The molecule has 162 valence electrons. The summed E-state index contributed by atoms with van der Waals surface area (Å²) in [4.78, 5) is 0. The molecule has 1 atom stereocenters. The van der Waals surface area contributed by atoms with E-state index in [0.29, 0.717) is 0 Å². The Labute approximate surface area is 189 Å². The van der Waals surface area contributed by atoms with Crippen LogP contribution >= 0.6 is 0 Å². The maximum absolute atomic E-state index is 7.03. The molecule has 0 aromatic heterocycles. The van der Waals surface area contributed by atoms with Crippen LogP contribution in [0, 0.1) is 22.9 Å². The highest BCUT2D eigenvalue weighted by Crippen LogP contribution is 2.44. The number of hydrogen-bond acceptors (Lipinski definition) is 2. The average molecular weight is 431 g/mol. The Morgan fingerprint density at radius 1 is 0.839 bits per heavy atom. The third-order valence-corrected chi connectivity index (χ3v) is 7.94. The van der Waals surface area contributed by atoms with Crippen molar-refractivity contribution >= 4 is 8.56 Å². The van der Waals surface area contributed by atoms with Crippen molar-refractivity contribution in [3.63, 3.8) is 0 Å². The summed E-state index contributed by atoms with van der Waals surface area (Å²) in [5.74, 6) is 6.72. The van der Waals surface area contributed by atoms with E-state index in [9.17, 15) is 0 Å². The van der Waals surface area contributed by atoms with Crippen LogP contribution in [0.2, 0.25) is 0 Å². The van der Waals surface area contributed by atoms with E-state index >= 15 is 0 Å². The van der Waals surface area contributed by atoms with Gasteiger partial charge in [-0.2, -0.15) is 0 Å². The molecule has 0 spiro atoms. The molecular weight excluding hydrogens is 396 g/mol. The SMILES string of the molecule is CCCCC#C[Si]1(C#CCCCC)OC(C)CC(c2ccccc2)(c2ccccc2)O1. The molecule has 1 unspecified atom stereocenters. The highest BCUT2D eigenvalue weighted by atomic mass is 28.4. The Morgan fingerprint density at radius 2 is 1.32 bits per heavy atom. The number of unbranched alkanes of at least 4 members (excludes halogenated alkanes) is 4. The van der Waals surface area contributed by atoms with Crippen molar-refractivity contribution in [3.05, 3.63) is 71.8 Å². The lowest BCUT2D eigenvalue weighted by atomic mass is 9.82. The van der Waals surface area contributed by atoms with Crippen molar-refractivity contribution in [2.45, 2.75) is 77.4 Å². The van der Waals surface area contributed by atoms with Crippen LogP contribution in [0.4, 0.5) is 0 Å². The first kappa shape index (κ1) is 23.4. The van der Waals surface area contributed by atoms with Gasteiger partial charge in [0.1, 0.15) is 5.60 Å². The molecule has 1 fully saturated rings. The molecular formula is C28H34O2Si. The van der Waals surface area contributed by atoms with Gasteiger partial charge >= 0.3 is 8.56 Å². The third-order valence-electron chi connectivity index (χ3n) is 5.56. The lowest BCUT2D eigenvalue weighted by molar-refractivity contribution is -0.0332. The second-order valence-corrected chi connectivity index (χ2v) is 10.4. The van der Waals surface area contributed by atoms with Gasteiger partial charge in [0.25, 0.3) is 0 Å². The Hall–Kier alpha value is -2.30. The van der Waals surface area contributed by atoms with Gasteiger partial charge in [-0.15, -0.1) is 11.8 Å². The summed E-state index contributed by atoms with van der Waals surface area (Å²) >= 11 is 0. The highest BCUT2D eigenvalue weighted by molar-refractivity contribution is 6.83. The summed E-state index contributed by atoms with van der Waals surface area (Å²) in [5.41, 5.74) is 8.55. The fourth-order valence-corrected chi connectivity index (χ4v) is 6.51. The summed E-state index contributed by atoms with van der Waals surface area (Å²) in [6, 6.07) is 21.0. The lowest BCUT2D eigenvalue weighted by Crippen LogP contribution is -2.56. The monoisotopic (exact) mass is 430 g/mol. The molecule has 1 saturated heterocycles. The first-order valence-corrected chi connectivity index (χ1v) is 13.4. The van der Waals surface area contributed by atoms with E-state index in [1.165, 1.54) is 0 Å². The van der Waals surface area contributed by atoms with Crippen molar-refractivity contribution in [2.24, 2.45) is 0 Å². The van der Waals surface area contributed by atoms with Crippen LogP contribution in [0.15, 0.2) is 60.7 Å². The zero-order valence-corrected chi connectivity index (χ0v) is 20.1. The predicted molar refractivity (Wildman–Crippen MR) is 130 cm³/mol. The second-order valence-electron chi connectivity index (χ2n) is 8.22. The average Bonchev–Trinajstić information content (AvgIpc) is 2.80. The van der Waals surface area contributed by atoms with Gasteiger partial charge in [0.2, 0.25) is 0 Å². The van der Waals surface area contributed by atoms with Crippen molar-refractivity contribution in [3.8, 4) is 22.9 Å². The van der Waals surface area contributed by atoms with Crippen LogP contribution in [0.5, 0.6) is 0 Å². The molecule has 2 aromatic carbocycles. The van der Waals surface area contributed by atoms with Crippen molar-refractivity contribution < 1.29 is 8.85 Å². The molecule has 1 heterocycles. The van der Waals surface area contributed by atoms with Crippen molar-refractivity contribution in [1.29, 1.82) is 0 Å². The van der Waals surface area contributed by atoms with Gasteiger partial charge in [-0.1, -0.05) is 98.4 Å². The standard InChI is InChI=1S/C28H34O2Si/c1-4-6-8-16-22-31(23-17-9-7-5-2)29-25(3)24-28(30-31,26-18-12-10-13-19-26)27-20-14-11-15-21-27/h10-15,18-21,25H,4-9,24H2,1-3H3. The largest absolute Gasteiger partial charge is 0.512 e. The first-order valence-electron chi connectivity index (χ1n) is 11.6. The van der Waals surface area contributed by atoms with Gasteiger partial charge < -0.3 is 8.85 Å². The highest BCUT2D eigenvalue weighted by Gasteiger charge is 2.53. The van der Waals surface area contributed by atoms with E-state index in [2.05, 4.69) is 92.2 Å². The van der Waals surface area contributed by atoms with Gasteiger partial charge in [-0.25, -0.2) is 0 Å². The molecule has 0 aliphatic carbocycles. The topological polar surface area (TPSA) is 18.5 Å². The molecule has 0 saturated carbocycles. The van der Waals surface area contributed by atoms with Gasteiger partial charge in [-0.3, -0.25) is 0 Å². The minimum atomic E-state index is -3.07. The fourth-order valence-electron chi connectivity index (χ4n) is 4.01. The van der Waals surface area contributed by atoms with Crippen LogP contribution in [-0.2, 0) is 14.5 Å². The normalized spacial score (nSPS) is 18.9. The molecule has 2 nitrogen and oxygen atoms in total. The molecule has 0 N–H and O–H groups in total. The molecule has 0 amide bonds. The van der Waals surface area contributed by atoms with E-state index in [-0.39, 0.29) is 6.10 Å². The van der Waals surface area contributed by atoms with Crippen molar-refractivity contribution in [1.82, 2.24) is 0 Å². The zero-order valence-electron chi connectivity index (χ0n) is 19.1. The number of rotatable bonds is 6. The summed E-state index contributed by atoms with van der Waals surface area (Å²) in [5, 5.41) is 0. The van der Waals surface area contributed by atoms with Crippen molar-refractivity contribution in [2.75, 3.05) is 0 Å². The molecule has 3 rings (SSSR count). The van der Waals surface area contributed by atoms with Crippen LogP contribution in [-0.4, -0.2) is 14.7 Å². The van der Waals surface area contributed by atoms with E-state index in [0.717, 1.165) is 56.1 Å².